The molecule has 0 bridgehead atoms. The first-order valence-electron chi connectivity index (χ1n) is 9.26. The fourth-order valence-electron chi connectivity index (χ4n) is 4.58. The lowest BCUT2D eigenvalue weighted by Crippen LogP contribution is -3.28. The molecule has 4 rings (SSSR count). The number of carbonyl (C=O) groups excluding carboxylic acids is 2. The molecule has 0 aromatic carbocycles. The average Bonchev–Trinajstić information content (AvgIpc) is 3.20. The van der Waals surface area contributed by atoms with E-state index in [1.807, 2.05) is 0 Å². The van der Waals surface area contributed by atoms with Gasteiger partial charge in [0, 0.05) is 5.56 Å². The van der Waals surface area contributed by atoms with Crippen LogP contribution in [0.25, 0.3) is 0 Å². The maximum atomic E-state index is 12.6. The highest BCUT2D eigenvalue weighted by molar-refractivity contribution is 7.07. The van der Waals surface area contributed by atoms with E-state index in [9.17, 15) is 9.59 Å². The average molecular weight is 350 g/mol. The molecule has 130 valence electrons. The van der Waals surface area contributed by atoms with E-state index in [1.54, 1.807) is 21.1 Å². The normalized spacial score (nSPS) is 33.8. The molecule has 2 N–H and O–H groups in total. The van der Waals surface area contributed by atoms with Gasteiger partial charge in [-0.1, -0.05) is 12.8 Å². The van der Waals surface area contributed by atoms with Gasteiger partial charge in [0.15, 0.2) is 6.67 Å². The van der Waals surface area contributed by atoms with Crippen LogP contribution in [-0.2, 0) is 16.1 Å². The van der Waals surface area contributed by atoms with Gasteiger partial charge in [-0.15, -0.1) is 0 Å². The van der Waals surface area contributed by atoms with Crippen molar-refractivity contribution >= 4 is 23.2 Å². The number of piperazine rings is 1. The lowest BCUT2D eigenvalue weighted by atomic mass is 9.81. The number of thiophene rings is 1. The van der Waals surface area contributed by atoms with Crippen LogP contribution in [0.15, 0.2) is 16.8 Å². The number of imide groups is 1. The fraction of sp³-hybridized carbons (Fsp3) is 0.667. The maximum absolute atomic E-state index is 12.6. The quantitative estimate of drug-likeness (QED) is 0.697. The summed E-state index contributed by atoms with van der Waals surface area (Å²) >= 11 is 1.76. The van der Waals surface area contributed by atoms with Crippen LogP contribution < -0.4 is 9.80 Å². The van der Waals surface area contributed by atoms with Gasteiger partial charge < -0.3 is 9.80 Å². The third kappa shape index (κ3) is 3.15. The lowest BCUT2D eigenvalue weighted by molar-refractivity contribution is -1.02. The molecule has 0 radical (unpaired) electrons. The van der Waals surface area contributed by atoms with Gasteiger partial charge in [0.1, 0.15) is 32.7 Å². The standard InChI is InChI=1S/C18H25N3O2S/c22-17-15-3-1-2-4-16(15)18(23)21(17)13-20-8-6-19(7-9-20)11-14-5-10-24-12-14/h5,10,12,15-16H,1-4,6-9,11,13H2/p+2/t15-,16+. The minimum atomic E-state index is -0.00356. The van der Waals surface area contributed by atoms with Gasteiger partial charge in [-0.25, -0.2) is 4.90 Å². The molecule has 5 nitrogen and oxygen atoms in total. The number of hydrogen-bond acceptors (Lipinski definition) is 3. The van der Waals surface area contributed by atoms with Crippen LogP contribution in [0.3, 0.4) is 0 Å². The first kappa shape index (κ1) is 16.2. The molecule has 2 amide bonds. The minimum Gasteiger partial charge on any atom is -0.322 e. The number of likely N-dealkylation sites (tertiary alicyclic amines) is 1. The third-order valence-corrected chi connectivity index (χ3v) is 6.74. The zero-order chi connectivity index (χ0) is 16.5. The van der Waals surface area contributed by atoms with E-state index in [0.29, 0.717) is 6.67 Å². The minimum absolute atomic E-state index is 0.00356. The molecule has 6 heteroatoms. The molecular weight excluding hydrogens is 322 g/mol. The summed E-state index contributed by atoms with van der Waals surface area (Å²) in [5, 5.41) is 4.37. The molecule has 2 saturated heterocycles. The number of amides is 2. The number of quaternary nitrogens is 2. The third-order valence-electron chi connectivity index (χ3n) is 6.01. The van der Waals surface area contributed by atoms with Crippen LogP contribution in [0.4, 0.5) is 0 Å². The predicted octanol–water partition coefficient (Wildman–Crippen LogP) is -0.836. The Morgan fingerprint density at radius 3 is 2.21 bits per heavy atom. The first-order valence-corrected chi connectivity index (χ1v) is 10.2. The summed E-state index contributed by atoms with van der Waals surface area (Å²) in [6, 6.07) is 2.21. The van der Waals surface area contributed by atoms with Crippen molar-refractivity contribution in [2.75, 3.05) is 32.8 Å². The second kappa shape index (κ2) is 6.94. The monoisotopic (exact) mass is 349 g/mol. The van der Waals surface area contributed by atoms with Crippen molar-refractivity contribution in [3.05, 3.63) is 22.4 Å². The molecule has 0 unspecified atom stereocenters. The highest BCUT2D eigenvalue weighted by Crippen LogP contribution is 2.37. The Hall–Kier alpha value is -1.24. The summed E-state index contributed by atoms with van der Waals surface area (Å²) in [5.74, 6) is 0.225. The number of carbonyl (C=O) groups is 2. The summed E-state index contributed by atoms with van der Waals surface area (Å²) < 4.78 is 0. The van der Waals surface area contributed by atoms with E-state index in [2.05, 4.69) is 16.8 Å². The van der Waals surface area contributed by atoms with Gasteiger partial charge >= 0.3 is 0 Å². The van der Waals surface area contributed by atoms with E-state index >= 15 is 0 Å². The number of hydrogen-bond donors (Lipinski definition) is 2. The van der Waals surface area contributed by atoms with Gasteiger partial charge in [-0.2, -0.15) is 11.3 Å². The molecule has 1 saturated carbocycles. The highest BCUT2D eigenvalue weighted by Gasteiger charge is 2.49. The smallest absolute Gasteiger partial charge is 0.237 e. The van der Waals surface area contributed by atoms with Crippen molar-refractivity contribution in [2.45, 2.75) is 32.2 Å². The molecule has 3 aliphatic rings. The molecule has 3 heterocycles. The van der Waals surface area contributed by atoms with Crippen molar-refractivity contribution in [2.24, 2.45) is 11.8 Å². The highest BCUT2D eigenvalue weighted by atomic mass is 32.1. The number of nitrogens with zero attached hydrogens (tertiary/aromatic N) is 1. The molecular formula is C18H27N3O2S+2. The Morgan fingerprint density at radius 2 is 1.62 bits per heavy atom. The van der Waals surface area contributed by atoms with Crippen molar-refractivity contribution < 1.29 is 19.4 Å². The van der Waals surface area contributed by atoms with Crippen LogP contribution in [0, 0.1) is 11.8 Å². The zero-order valence-corrected chi connectivity index (χ0v) is 14.9. The second-order valence-electron chi connectivity index (χ2n) is 7.57. The van der Waals surface area contributed by atoms with Crippen molar-refractivity contribution in [1.82, 2.24) is 4.90 Å². The van der Waals surface area contributed by atoms with Crippen LogP contribution in [0.2, 0.25) is 0 Å². The maximum Gasteiger partial charge on any atom is 0.237 e. The second-order valence-corrected chi connectivity index (χ2v) is 8.35. The number of fused-ring (bicyclic) bond motifs is 1. The Kier molecular flexibility index (Phi) is 4.70. The van der Waals surface area contributed by atoms with Crippen LogP contribution in [0.1, 0.15) is 31.2 Å². The topological polar surface area (TPSA) is 46.3 Å². The SMILES string of the molecule is O=C1[C@H]2CCCC[C@H]2C(=O)N1C[NH+]1CC[NH+](Cc2ccsc2)CC1. The van der Waals surface area contributed by atoms with E-state index in [-0.39, 0.29) is 23.7 Å². The summed E-state index contributed by atoms with van der Waals surface area (Å²) in [4.78, 5) is 29.8. The molecule has 2 aliphatic heterocycles. The van der Waals surface area contributed by atoms with Crippen LogP contribution in [0.5, 0.6) is 0 Å². The van der Waals surface area contributed by atoms with Crippen molar-refractivity contribution in [3.63, 3.8) is 0 Å². The summed E-state index contributed by atoms with van der Waals surface area (Å²) in [6.45, 7) is 6.03. The van der Waals surface area contributed by atoms with Crippen LogP contribution >= 0.6 is 11.3 Å². The predicted molar refractivity (Wildman–Crippen MR) is 91.6 cm³/mol. The van der Waals surface area contributed by atoms with Crippen molar-refractivity contribution in [1.29, 1.82) is 0 Å². The van der Waals surface area contributed by atoms with E-state index in [4.69, 9.17) is 0 Å². The largest absolute Gasteiger partial charge is 0.322 e. The molecule has 24 heavy (non-hydrogen) atoms. The summed E-state index contributed by atoms with van der Waals surface area (Å²) in [7, 11) is 0. The summed E-state index contributed by atoms with van der Waals surface area (Å²) in [5.41, 5.74) is 1.42. The molecule has 1 aliphatic carbocycles. The molecule has 3 fully saturated rings. The van der Waals surface area contributed by atoms with E-state index in [1.165, 1.54) is 10.5 Å². The zero-order valence-electron chi connectivity index (χ0n) is 14.1. The molecule has 1 aromatic rings. The lowest BCUT2D eigenvalue weighted by Gasteiger charge is -2.31. The molecule has 2 atom stereocenters. The van der Waals surface area contributed by atoms with E-state index in [0.717, 1.165) is 58.4 Å². The van der Waals surface area contributed by atoms with Gasteiger partial charge in [0.2, 0.25) is 11.8 Å². The Balaban J connectivity index is 1.30. The molecule has 0 spiro atoms. The van der Waals surface area contributed by atoms with Gasteiger partial charge in [-0.3, -0.25) is 9.59 Å². The fourth-order valence-corrected chi connectivity index (χ4v) is 5.25. The first-order chi connectivity index (χ1) is 11.7. The van der Waals surface area contributed by atoms with Crippen LogP contribution in [-0.4, -0.2) is 49.6 Å². The van der Waals surface area contributed by atoms with Gasteiger partial charge in [0.05, 0.1) is 11.8 Å². The summed E-state index contributed by atoms with van der Waals surface area (Å²) in [6.07, 6.45) is 4.04. The van der Waals surface area contributed by atoms with Crippen molar-refractivity contribution in [3.8, 4) is 0 Å². The Labute approximate surface area is 147 Å². The van der Waals surface area contributed by atoms with Gasteiger partial charge in [-0.05, 0) is 29.7 Å². The Bertz CT molecular complexity index is 571. The number of rotatable bonds is 4. The Morgan fingerprint density at radius 1 is 1.00 bits per heavy atom. The van der Waals surface area contributed by atoms with Gasteiger partial charge in [0.25, 0.3) is 0 Å². The number of nitrogens with one attached hydrogen (secondary N) is 2. The molecule has 1 aromatic heterocycles. The van der Waals surface area contributed by atoms with E-state index < -0.39 is 0 Å².